The molecule has 0 aliphatic carbocycles. The number of hydrogen-bond donors (Lipinski definition) is 1. The standard InChI is InChI=1S/C24H27BrN4O2S/c1-5-11-29-22(14-31-21-10-9-18(25)13-20(21)16(2)3)27-28-24(29)32-15-23(30)26-19-8-6-7-17(4)12-19/h5-10,12-13,16H,1,11,14-15H2,2-4H3,(H,26,30). The van der Waals surface area contributed by atoms with Gasteiger partial charge >= 0.3 is 0 Å². The van der Waals surface area contributed by atoms with E-state index in [0.717, 1.165) is 27.0 Å². The normalized spacial score (nSPS) is 10.9. The molecule has 0 unspecified atom stereocenters. The molecule has 3 aromatic rings. The third-order valence-corrected chi connectivity index (χ3v) is 6.15. The zero-order valence-electron chi connectivity index (χ0n) is 18.5. The summed E-state index contributed by atoms with van der Waals surface area (Å²) in [6, 6.07) is 13.7. The van der Waals surface area contributed by atoms with Crippen molar-refractivity contribution in [3.8, 4) is 5.75 Å². The first-order valence-corrected chi connectivity index (χ1v) is 12.1. The van der Waals surface area contributed by atoms with E-state index in [1.807, 2.05) is 47.9 Å². The molecular weight excluding hydrogens is 488 g/mol. The summed E-state index contributed by atoms with van der Waals surface area (Å²) in [5, 5.41) is 12.1. The number of benzene rings is 2. The van der Waals surface area contributed by atoms with Crippen LogP contribution in [0.5, 0.6) is 5.75 Å². The van der Waals surface area contributed by atoms with Crippen LogP contribution in [0.1, 0.15) is 36.7 Å². The summed E-state index contributed by atoms with van der Waals surface area (Å²) in [6.45, 7) is 10.9. The van der Waals surface area contributed by atoms with Gasteiger partial charge in [0.05, 0.1) is 5.75 Å². The number of aryl methyl sites for hydroxylation is 1. The van der Waals surface area contributed by atoms with Gasteiger partial charge in [-0.2, -0.15) is 0 Å². The number of ether oxygens (including phenoxy) is 1. The van der Waals surface area contributed by atoms with Gasteiger partial charge in [0, 0.05) is 16.7 Å². The molecular formula is C24H27BrN4O2S. The topological polar surface area (TPSA) is 69.0 Å². The number of carbonyl (C=O) groups excluding carboxylic acids is 1. The Labute approximate surface area is 201 Å². The van der Waals surface area contributed by atoms with E-state index in [1.54, 1.807) is 6.08 Å². The van der Waals surface area contributed by atoms with E-state index >= 15 is 0 Å². The lowest BCUT2D eigenvalue weighted by atomic mass is 10.0. The number of allylic oxidation sites excluding steroid dienone is 1. The quantitative estimate of drug-likeness (QED) is 0.266. The molecule has 0 bridgehead atoms. The molecule has 6 nitrogen and oxygen atoms in total. The number of rotatable bonds is 10. The first-order chi connectivity index (χ1) is 15.4. The molecule has 3 rings (SSSR count). The van der Waals surface area contributed by atoms with E-state index in [9.17, 15) is 4.79 Å². The van der Waals surface area contributed by atoms with E-state index in [1.165, 1.54) is 11.8 Å². The fraction of sp³-hybridized carbons (Fsp3) is 0.292. The molecule has 2 aromatic carbocycles. The highest BCUT2D eigenvalue weighted by Gasteiger charge is 2.16. The van der Waals surface area contributed by atoms with Crippen LogP contribution in [0.4, 0.5) is 5.69 Å². The number of halogens is 1. The molecule has 1 N–H and O–H groups in total. The molecule has 0 radical (unpaired) electrons. The average Bonchev–Trinajstić information content (AvgIpc) is 3.13. The second kappa shape index (κ2) is 11.3. The highest BCUT2D eigenvalue weighted by Crippen LogP contribution is 2.30. The summed E-state index contributed by atoms with van der Waals surface area (Å²) in [5.41, 5.74) is 3.00. The largest absolute Gasteiger partial charge is 0.485 e. The SMILES string of the molecule is C=CCn1c(COc2ccc(Br)cc2C(C)C)nnc1SCC(=O)Nc1cccc(C)c1. The van der Waals surface area contributed by atoms with E-state index in [0.29, 0.717) is 23.4 Å². The number of thioether (sulfide) groups is 1. The Morgan fingerprint density at radius 2 is 2.09 bits per heavy atom. The van der Waals surface area contributed by atoms with Gasteiger partial charge in [-0.25, -0.2) is 0 Å². The van der Waals surface area contributed by atoms with Gasteiger partial charge in [0.1, 0.15) is 12.4 Å². The molecule has 1 heterocycles. The highest BCUT2D eigenvalue weighted by molar-refractivity contribution is 9.10. The van der Waals surface area contributed by atoms with Gasteiger partial charge in [-0.1, -0.05) is 59.7 Å². The van der Waals surface area contributed by atoms with Crippen LogP contribution in [-0.2, 0) is 17.9 Å². The Morgan fingerprint density at radius 3 is 2.81 bits per heavy atom. The molecule has 0 aliphatic heterocycles. The van der Waals surface area contributed by atoms with Crippen LogP contribution < -0.4 is 10.1 Å². The summed E-state index contributed by atoms with van der Waals surface area (Å²) in [5.74, 6) is 1.97. The fourth-order valence-corrected chi connectivity index (χ4v) is 4.28. The lowest BCUT2D eigenvalue weighted by Crippen LogP contribution is -2.15. The van der Waals surface area contributed by atoms with Gasteiger partial charge in [0.15, 0.2) is 11.0 Å². The molecule has 8 heteroatoms. The van der Waals surface area contributed by atoms with Crippen molar-refractivity contribution in [2.75, 3.05) is 11.1 Å². The van der Waals surface area contributed by atoms with Crippen molar-refractivity contribution in [3.05, 3.63) is 76.5 Å². The van der Waals surface area contributed by atoms with Gasteiger partial charge in [-0.05, 0) is 54.3 Å². The Bertz CT molecular complexity index is 1100. The monoisotopic (exact) mass is 514 g/mol. The number of anilines is 1. The van der Waals surface area contributed by atoms with E-state index in [2.05, 4.69) is 57.9 Å². The zero-order chi connectivity index (χ0) is 23.1. The maximum atomic E-state index is 12.4. The van der Waals surface area contributed by atoms with Crippen LogP contribution in [0.25, 0.3) is 0 Å². The van der Waals surface area contributed by atoms with Crippen LogP contribution in [-0.4, -0.2) is 26.4 Å². The summed E-state index contributed by atoms with van der Waals surface area (Å²) in [6.07, 6.45) is 1.78. The van der Waals surface area contributed by atoms with Crippen LogP contribution >= 0.6 is 27.7 Å². The summed E-state index contributed by atoms with van der Waals surface area (Å²) in [4.78, 5) is 12.4. The Hall–Kier alpha value is -2.58. The van der Waals surface area contributed by atoms with Crippen molar-refractivity contribution in [1.29, 1.82) is 0 Å². The van der Waals surface area contributed by atoms with Crippen molar-refractivity contribution in [1.82, 2.24) is 14.8 Å². The minimum atomic E-state index is -0.0945. The molecule has 32 heavy (non-hydrogen) atoms. The average molecular weight is 515 g/mol. The molecule has 0 saturated heterocycles. The van der Waals surface area contributed by atoms with Gasteiger partial charge < -0.3 is 10.1 Å². The van der Waals surface area contributed by atoms with Crippen LogP contribution in [0.3, 0.4) is 0 Å². The molecule has 0 spiro atoms. The first kappa shape index (κ1) is 24.1. The number of nitrogens with zero attached hydrogens (tertiary/aromatic N) is 3. The van der Waals surface area contributed by atoms with Crippen molar-refractivity contribution >= 4 is 39.3 Å². The maximum Gasteiger partial charge on any atom is 0.234 e. The van der Waals surface area contributed by atoms with Crippen molar-refractivity contribution in [2.45, 2.75) is 45.0 Å². The Morgan fingerprint density at radius 1 is 1.28 bits per heavy atom. The van der Waals surface area contributed by atoms with Gasteiger partial charge in [0.2, 0.25) is 5.91 Å². The second-order valence-corrected chi connectivity index (χ2v) is 9.49. The first-order valence-electron chi connectivity index (χ1n) is 10.3. The molecule has 0 aliphatic rings. The van der Waals surface area contributed by atoms with Crippen LogP contribution in [0.15, 0.2) is 64.7 Å². The number of aromatic nitrogens is 3. The van der Waals surface area contributed by atoms with Crippen LogP contribution in [0.2, 0.25) is 0 Å². The van der Waals surface area contributed by atoms with Gasteiger partial charge in [-0.3, -0.25) is 9.36 Å². The summed E-state index contributed by atoms with van der Waals surface area (Å²) in [7, 11) is 0. The third kappa shape index (κ3) is 6.46. The number of amides is 1. The van der Waals surface area contributed by atoms with E-state index < -0.39 is 0 Å². The number of hydrogen-bond acceptors (Lipinski definition) is 5. The smallest absolute Gasteiger partial charge is 0.234 e. The predicted molar refractivity (Wildman–Crippen MR) is 133 cm³/mol. The van der Waals surface area contributed by atoms with Crippen molar-refractivity contribution < 1.29 is 9.53 Å². The fourth-order valence-electron chi connectivity index (χ4n) is 3.14. The predicted octanol–water partition coefficient (Wildman–Crippen LogP) is 5.97. The van der Waals surface area contributed by atoms with E-state index in [4.69, 9.17) is 4.74 Å². The Kier molecular flexibility index (Phi) is 8.53. The summed E-state index contributed by atoms with van der Waals surface area (Å²) >= 11 is 4.86. The molecule has 1 aromatic heterocycles. The maximum absolute atomic E-state index is 12.4. The minimum Gasteiger partial charge on any atom is -0.485 e. The van der Waals surface area contributed by atoms with Crippen LogP contribution in [0, 0.1) is 6.92 Å². The highest BCUT2D eigenvalue weighted by atomic mass is 79.9. The third-order valence-electron chi connectivity index (χ3n) is 4.69. The molecule has 1 amide bonds. The lowest BCUT2D eigenvalue weighted by Gasteiger charge is -2.15. The molecule has 168 valence electrons. The number of nitrogens with one attached hydrogen (secondary N) is 1. The summed E-state index contributed by atoms with van der Waals surface area (Å²) < 4.78 is 9.03. The Balaban J connectivity index is 1.66. The lowest BCUT2D eigenvalue weighted by molar-refractivity contribution is -0.113. The minimum absolute atomic E-state index is 0.0945. The zero-order valence-corrected chi connectivity index (χ0v) is 20.9. The molecule has 0 fully saturated rings. The molecule has 0 atom stereocenters. The van der Waals surface area contributed by atoms with Crippen molar-refractivity contribution in [3.63, 3.8) is 0 Å². The second-order valence-electron chi connectivity index (χ2n) is 7.63. The van der Waals surface area contributed by atoms with E-state index in [-0.39, 0.29) is 18.3 Å². The van der Waals surface area contributed by atoms with Gasteiger partial charge in [-0.15, -0.1) is 16.8 Å². The van der Waals surface area contributed by atoms with Gasteiger partial charge in [0.25, 0.3) is 0 Å². The number of carbonyl (C=O) groups is 1. The molecule has 0 saturated carbocycles. The van der Waals surface area contributed by atoms with Crippen molar-refractivity contribution in [2.24, 2.45) is 0 Å².